The fourth-order valence-corrected chi connectivity index (χ4v) is 1.47. The van der Waals surface area contributed by atoms with Gasteiger partial charge in [-0.05, 0) is 57.9 Å². The Kier molecular flexibility index (Phi) is 3.66. The molecule has 3 N–H and O–H groups in total. The standard InChI is InChI=1S/C13H20N2O2/c1-8-6-10(7-9(2)11(8)14)15-12(16)17-13(3,4)5/h6-7H,14H2,1-5H3,(H,15,16). The molecule has 0 aromatic heterocycles. The molecule has 0 radical (unpaired) electrons. The van der Waals surface area contributed by atoms with E-state index in [1.165, 1.54) is 0 Å². The number of carbonyl (C=O) groups is 1. The van der Waals surface area contributed by atoms with E-state index in [2.05, 4.69) is 5.32 Å². The van der Waals surface area contributed by atoms with Crippen molar-refractivity contribution in [1.29, 1.82) is 0 Å². The van der Waals surface area contributed by atoms with E-state index < -0.39 is 11.7 Å². The van der Waals surface area contributed by atoms with Gasteiger partial charge in [0.1, 0.15) is 5.60 Å². The Labute approximate surface area is 102 Å². The Morgan fingerprint density at radius 3 is 2.12 bits per heavy atom. The van der Waals surface area contributed by atoms with E-state index in [1.54, 1.807) is 0 Å². The quantitative estimate of drug-likeness (QED) is 0.736. The lowest BCUT2D eigenvalue weighted by molar-refractivity contribution is 0.0636. The summed E-state index contributed by atoms with van der Waals surface area (Å²) in [5.41, 5.74) is 8.67. The van der Waals surface area contributed by atoms with Crippen LogP contribution in [0.1, 0.15) is 31.9 Å². The van der Waals surface area contributed by atoms with E-state index >= 15 is 0 Å². The minimum absolute atomic E-state index is 0.457. The van der Waals surface area contributed by atoms with E-state index in [4.69, 9.17) is 10.5 Å². The van der Waals surface area contributed by atoms with Crippen molar-refractivity contribution < 1.29 is 9.53 Å². The predicted octanol–water partition coefficient (Wildman–Crippen LogP) is 3.23. The van der Waals surface area contributed by atoms with Crippen molar-refractivity contribution in [1.82, 2.24) is 0 Å². The molecule has 0 aliphatic carbocycles. The third kappa shape index (κ3) is 3.98. The van der Waals surface area contributed by atoms with Gasteiger partial charge in [-0.1, -0.05) is 0 Å². The van der Waals surface area contributed by atoms with Crippen LogP contribution in [0.15, 0.2) is 12.1 Å². The van der Waals surface area contributed by atoms with Gasteiger partial charge in [0.05, 0.1) is 0 Å². The van der Waals surface area contributed by atoms with Gasteiger partial charge in [-0.3, -0.25) is 5.32 Å². The van der Waals surface area contributed by atoms with E-state index in [0.717, 1.165) is 16.8 Å². The molecular weight excluding hydrogens is 216 g/mol. The fourth-order valence-electron chi connectivity index (χ4n) is 1.47. The molecule has 0 bridgehead atoms. The number of hydrogen-bond donors (Lipinski definition) is 2. The molecule has 17 heavy (non-hydrogen) atoms. The van der Waals surface area contributed by atoms with Crippen molar-refractivity contribution in [2.75, 3.05) is 11.1 Å². The zero-order chi connectivity index (χ0) is 13.2. The summed E-state index contributed by atoms with van der Waals surface area (Å²) in [6.07, 6.45) is -0.457. The number of nitrogen functional groups attached to an aromatic ring is 1. The number of amides is 1. The number of benzene rings is 1. The maximum absolute atomic E-state index is 11.6. The topological polar surface area (TPSA) is 64.3 Å². The van der Waals surface area contributed by atoms with Gasteiger partial charge in [0.2, 0.25) is 0 Å². The molecule has 0 spiro atoms. The average molecular weight is 236 g/mol. The third-order valence-electron chi connectivity index (χ3n) is 2.24. The fraction of sp³-hybridized carbons (Fsp3) is 0.462. The molecule has 0 aliphatic heterocycles. The number of rotatable bonds is 1. The molecule has 94 valence electrons. The normalized spacial score (nSPS) is 11.1. The lowest BCUT2D eigenvalue weighted by Gasteiger charge is -2.20. The molecular formula is C13H20N2O2. The van der Waals surface area contributed by atoms with Crippen LogP contribution in [0.3, 0.4) is 0 Å². The summed E-state index contributed by atoms with van der Waals surface area (Å²) in [5, 5.41) is 2.69. The maximum atomic E-state index is 11.6. The molecule has 4 heteroatoms. The van der Waals surface area contributed by atoms with Gasteiger partial charge in [0.15, 0.2) is 0 Å². The zero-order valence-electron chi connectivity index (χ0n) is 11.0. The van der Waals surface area contributed by atoms with Gasteiger partial charge in [-0.25, -0.2) is 4.79 Å². The third-order valence-corrected chi connectivity index (χ3v) is 2.24. The summed E-state index contributed by atoms with van der Waals surface area (Å²) < 4.78 is 5.17. The first-order valence-electron chi connectivity index (χ1n) is 5.56. The number of carbonyl (C=O) groups excluding carboxylic acids is 1. The van der Waals surface area contributed by atoms with Crippen molar-refractivity contribution in [3.05, 3.63) is 23.3 Å². The molecule has 0 unspecified atom stereocenters. The van der Waals surface area contributed by atoms with Crippen LogP contribution in [0.25, 0.3) is 0 Å². The zero-order valence-corrected chi connectivity index (χ0v) is 11.0. The Morgan fingerprint density at radius 2 is 1.71 bits per heavy atom. The van der Waals surface area contributed by atoms with Crippen molar-refractivity contribution in [2.45, 2.75) is 40.2 Å². The van der Waals surface area contributed by atoms with Crippen LogP contribution in [0.4, 0.5) is 16.2 Å². The van der Waals surface area contributed by atoms with E-state index in [-0.39, 0.29) is 0 Å². The maximum Gasteiger partial charge on any atom is 0.412 e. The molecule has 0 saturated heterocycles. The number of nitrogens with one attached hydrogen (secondary N) is 1. The number of ether oxygens (including phenoxy) is 1. The smallest absolute Gasteiger partial charge is 0.412 e. The average Bonchev–Trinajstić information content (AvgIpc) is 2.10. The van der Waals surface area contributed by atoms with Crippen LogP contribution < -0.4 is 11.1 Å². The van der Waals surface area contributed by atoms with Gasteiger partial charge in [-0.2, -0.15) is 0 Å². The van der Waals surface area contributed by atoms with Crippen molar-refractivity contribution in [3.8, 4) is 0 Å². The highest BCUT2D eigenvalue weighted by Crippen LogP contribution is 2.22. The second kappa shape index (κ2) is 4.65. The van der Waals surface area contributed by atoms with Crippen molar-refractivity contribution in [2.24, 2.45) is 0 Å². The predicted molar refractivity (Wildman–Crippen MR) is 70.2 cm³/mol. The first-order chi connectivity index (χ1) is 7.69. The van der Waals surface area contributed by atoms with E-state index in [0.29, 0.717) is 5.69 Å². The van der Waals surface area contributed by atoms with Crippen LogP contribution in [0, 0.1) is 13.8 Å². The van der Waals surface area contributed by atoms with Crippen LogP contribution in [0.2, 0.25) is 0 Å². The van der Waals surface area contributed by atoms with Gasteiger partial charge in [-0.15, -0.1) is 0 Å². The molecule has 0 saturated carbocycles. The van der Waals surface area contributed by atoms with Gasteiger partial charge in [0.25, 0.3) is 0 Å². The molecule has 1 aromatic rings. The number of hydrogen-bond acceptors (Lipinski definition) is 3. The van der Waals surface area contributed by atoms with Gasteiger partial charge < -0.3 is 10.5 Å². The highest BCUT2D eigenvalue weighted by Gasteiger charge is 2.16. The van der Waals surface area contributed by atoms with Gasteiger partial charge in [0, 0.05) is 11.4 Å². The molecule has 4 nitrogen and oxygen atoms in total. The monoisotopic (exact) mass is 236 g/mol. The molecule has 0 aliphatic rings. The summed E-state index contributed by atoms with van der Waals surface area (Å²) in [6.45, 7) is 9.29. The highest BCUT2D eigenvalue weighted by atomic mass is 16.6. The molecule has 0 fully saturated rings. The second-order valence-corrected chi connectivity index (χ2v) is 5.15. The summed E-state index contributed by atoms with van der Waals surface area (Å²) in [7, 11) is 0. The lowest BCUT2D eigenvalue weighted by atomic mass is 10.1. The minimum Gasteiger partial charge on any atom is -0.444 e. The van der Waals surface area contributed by atoms with Crippen LogP contribution in [-0.4, -0.2) is 11.7 Å². The molecule has 0 heterocycles. The van der Waals surface area contributed by atoms with Crippen LogP contribution in [-0.2, 0) is 4.74 Å². The van der Waals surface area contributed by atoms with E-state index in [1.807, 2.05) is 46.8 Å². The Morgan fingerprint density at radius 1 is 1.24 bits per heavy atom. The highest BCUT2D eigenvalue weighted by molar-refractivity contribution is 5.85. The lowest BCUT2D eigenvalue weighted by Crippen LogP contribution is -2.27. The Bertz CT molecular complexity index is 411. The second-order valence-electron chi connectivity index (χ2n) is 5.15. The molecule has 1 rings (SSSR count). The first kappa shape index (κ1) is 13.4. The number of aryl methyl sites for hydroxylation is 2. The number of nitrogens with two attached hydrogens (primary N) is 1. The SMILES string of the molecule is Cc1cc(NC(=O)OC(C)(C)C)cc(C)c1N. The number of anilines is 2. The summed E-state index contributed by atoms with van der Waals surface area (Å²) in [6, 6.07) is 3.65. The van der Waals surface area contributed by atoms with Gasteiger partial charge >= 0.3 is 6.09 Å². The summed E-state index contributed by atoms with van der Waals surface area (Å²) >= 11 is 0. The van der Waals surface area contributed by atoms with Crippen LogP contribution >= 0.6 is 0 Å². The molecule has 1 aromatic carbocycles. The van der Waals surface area contributed by atoms with Crippen LogP contribution in [0.5, 0.6) is 0 Å². The first-order valence-corrected chi connectivity index (χ1v) is 5.56. The Balaban J connectivity index is 2.79. The Hall–Kier alpha value is -1.71. The largest absolute Gasteiger partial charge is 0.444 e. The van der Waals surface area contributed by atoms with Crippen molar-refractivity contribution >= 4 is 17.5 Å². The summed E-state index contributed by atoms with van der Waals surface area (Å²) in [5.74, 6) is 0. The summed E-state index contributed by atoms with van der Waals surface area (Å²) in [4.78, 5) is 11.6. The van der Waals surface area contributed by atoms with E-state index in [9.17, 15) is 4.79 Å². The molecule has 0 atom stereocenters. The van der Waals surface area contributed by atoms with Crippen molar-refractivity contribution in [3.63, 3.8) is 0 Å². The minimum atomic E-state index is -0.498. The molecule has 1 amide bonds.